The Hall–Kier alpha value is -0.850. The molecule has 16 heavy (non-hydrogen) atoms. The molecule has 0 saturated carbocycles. The molecule has 1 aromatic heterocycles. The molecule has 0 saturated heterocycles. The quantitative estimate of drug-likeness (QED) is 0.846. The largest absolute Gasteiger partial charge is 0.495 e. The maximum Gasteiger partial charge on any atom is 0.230 e. The Morgan fingerprint density at radius 2 is 2.12 bits per heavy atom. The van der Waals surface area contributed by atoms with Crippen LogP contribution in [0.2, 0.25) is 0 Å². The fourth-order valence-electron chi connectivity index (χ4n) is 0.919. The van der Waals surface area contributed by atoms with Gasteiger partial charge in [0.25, 0.3) is 0 Å². The van der Waals surface area contributed by atoms with Crippen molar-refractivity contribution in [2.24, 2.45) is 5.41 Å². The minimum atomic E-state index is -0.426. The van der Waals surface area contributed by atoms with Crippen LogP contribution in [0.1, 0.15) is 20.8 Å². The van der Waals surface area contributed by atoms with Gasteiger partial charge in [0.15, 0.2) is 0 Å². The molecule has 88 valence electrons. The van der Waals surface area contributed by atoms with Crippen molar-refractivity contribution in [1.29, 1.82) is 0 Å². The Balaban J connectivity index is 2.87. The Bertz CT molecular complexity index is 399. The standard InChI is InChI=1S/C11H15IN2O2/c1-11(2,3)10(15)14-9-8(12)5-7(16-4)6-13-9/h5-6H,1-4H3,(H,13,14,15). The second-order valence-corrected chi connectivity index (χ2v) is 5.57. The molecule has 0 aliphatic rings. The molecule has 1 aromatic rings. The van der Waals surface area contributed by atoms with Gasteiger partial charge in [-0.05, 0) is 28.7 Å². The van der Waals surface area contributed by atoms with Crippen molar-refractivity contribution in [2.75, 3.05) is 12.4 Å². The predicted octanol–water partition coefficient (Wildman–Crippen LogP) is 2.68. The summed E-state index contributed by atoms with van der Waals surface area (Å²) < 4.78 is 5.90. The predicted molar refractivity (Wildman–Crippen MR) is 71.6 cm³/mol. The summed E-state index contributed by atoms with van der Waals surface area (Å²) in [4.78, 5) is 15.9. The van der Waals surface area contributed by atoms with Gasteiger partial charge in [-0.2, -0.15) is 0 Å². The molecule has 1 heterocycles. The van der Waals surface area contributed by atoms with Crippen molar-refractivity contribution in [2.45, 2.75) is 20.8 Å². The molecule has 0 aliphatic heterocycles. The zero-order chi connectivity index (χ0) is 12.3. The summed E-state index contributed by atoms with van der Waals surface area (Å²) in [6.45, 7) is 5.58. The van der Waals surface area contributed by atoms with E-state index < -0.39 is 5.41 Å². The highest BCUT2D eigenvalue weighted by atomic mass is 127. The maximum atomic E-state index is 11.8. The molecular formula is C11H15IN2O2. The molecule has 0 radical (unpaired) electrons. The van der Waals surface area contributed by atoms with Crippen LogP contribution in [0.15, 0.2) is 12.3 Å². The minimum Gasteiger partial charge on any atom is -0.495 e. The number of anilines is 1. The smallest absolute Gasteiger partial charge is 0.230 e. The van der Waals surface area contributed by atoms with Gasteiger partial charge in [-0.3, -0.25) is 4.79 Å². The SMILES string of the molecule is COc1cnc(NC(=O)C(C)(C)C)c(I)c1. The van der Waals surface area contributed by atoms with Crippen LogP contribution in [-0.4, -0.2) is 18.0 Å². The number of nitrogens with zero attached hydrogens (tertiary/aromatic N) is 1. The van der Waals surface area contributed by atoms with E-state index in [1.54, 1.807) is 13.3 Å². The summed E-state index contributed by atoms with van der Waals surface area (Å²) in [6.07, 6.45) is 1.58. The highest BCUT2D eigenvalue weighted by Gasteiger charge is 2.22. The molecule has 0 fully saturated rings. The average molecular weight is 334 g/mol. The molecule has 1 amide bonds. The van der Waals surface area contributed by atoms with E-state index in [0.717, 1.165) is 3.57 Å². The first-order valence-corrected chi connectivity index (χ1v) is 5.93. The van der Waals surface area contributed by atoms with E-state index in [0.29, 0.717) is 11.6 Å². The Morgan fingerprint density at radius 1 is 1.50 bits per heavy atom. The fourth-order valence-corrected chi connectivity index (χ4v) is 1.50. The molecule has 1 N–H and O–H groups in total. The van der Waals surface area contributed by atoms with Crippen LogP contribution >= 0.6 is 22.6 Å². The van der Waals surface area contributed by atoms with Crippen LogP contribution < -0.4 is 10.1 Å². The highest BCUT2D eigenvalue weighted by Crippen LogP contribution is 2.23. The van der Waals surface area contributed by atoms with Crippen molar-refractivity contribution in [3.05, 3.63) is 15.8 Å². The zero-order valence-electron chi connectivity index (χ0n) is 9.80. The first-order valence-electron chi connectivity index (χ1n) is 4.85. The summed E-state index contributed by atoms with van der Waals surface area (Å²) in [6, 6.07) is 1.83. The van der Waals surface area contributed by atoms with Crippen molar-refractivity contribution < 1.29 is 9.53 Å². The van der Waals surface area contributed by atoms with Crippen LogP contribution in [0.5, 0.6) is 5.75 Å². The molecule has 0 atom stereocenters. The lowest BCUT2D eigenvalue weighted by atomic mass is 9.96. The number of hydrogen-bond donors (Lipinski definition) is 1. The average Bonchev–Trinajstić information content (AvgIpc) is 2.19. The Kier molecular flexibility index (Phi) is 4.12. The molecule has 0 unspecified atom stereocenters. The molecule has 0 bridgehead atoms. The first-order chi connectivity index (χ1) is 7.34. The molecule has 0 aliphatic carbocycles. The van der Waals surface area contributed by atoms with E-state index in [-0.39, 0.29) is 5.91 Å². The van der Waals surface area contributed by atoms with Gasteiger partial charge in [-0.25, -0.2) is 4.98 Å². The van der Waals surface area contributed by atoms with Crippen molar-refractivity contribution in [3.8, 4) is 5.75 Å². The third-order valence-corrected chi connectivity index (χ3v) is 2.79. The topological polar surface area (TPSA) is 51.2 Å². The summed E-state index contributed by atoms with van der Waals surface area (Å²) in [5.74, 6) is 1.20. The molecule has 4 nitrogen and oxygen atoms in total. The maximum absolute atomic E-state index is 11.8. The number of carbonyl (C=O) groups excluding carboxylic acids is 1. The normalized spacial score (nSPS) is 11.1. The Morgan fingerprint density at radius 3 is 2.56 bits per heavy atom. The van der Waals surface area contributed by atoms with Crippen LogP contribution in [0, 0.1) is 8.99 Å². The first kappa shape index (κ1) is 13.2. The number of amides is 1. The number of hydrogen-bond acceptors (Lipinski definition) is 3. The number of ether oxygens (including phenoxy) is 1. The van der Waals surface area contributed by atoms with Crippen LogP contribution in [0.4, 0.5) is 5.82 Å². The van der Waals surface area contributed by atoms with E-state index in [9.17, 15) is 4.79 Å². The van der Waals surface area contributed by atoms with Gasteiger partial charge in [0.05, 0.1) is 16.9 Å². The van der Waals surface area contributed by atoms with E-state index in [4.69, 9.17) is 4.74 Å². The summed E-state index contributed by atoms with van der Waals surface area (Å²) in [7, 11) is 1.58. The third-order valence-electron chi connectivity index (χ3n) is 1.96. The molecular weight excluding hydrogens is 319 g/mol. The number of carbonyl (C=O) groups is 1. The van der Waals surface area contributed by atoms with E-state index in [1.807, 2.05) is 26.8 Å². The summed E-state index contributed by atoms with van der Waals surface area (Å²) in [5, 5.41) is 2.79. The number of halogens is 1. The van der Waals surface area contributed by atoms with Gasteiger partial charge >= 0.3 is 0 Å². The van der Waals surface area contributed by atoms with Crippen LogP contribution in [0.25, 0.3) is 0 Å². The van der Waals surface area contributed by atoms with E-state index in [1.165, 1.54) is 0 Å². The molecule has 5 heteroatoms. The lowest BCUT2D eigenvalue weighted by Gasteiger charge is -2.17. The minimum absolute atomic E-state index is 0.0527. The third kappa shape index (κ3) is 3.33. The monoisotopic (exact) mass is 334 g/mol. The number of pyridine rings is 1. The van der Waals surface area contributed by atoms with E-state index in [2.05, 4.69) is 32.9 Å². The van der Waals surface area contributed by atoms with Gasteiger partial charge in [0.1, 0.15) is 11.6 Å². The summed E-state index contributed by atoms with van der Waals surface area (Å²) in [5.41, 5.74) is -0.426. The van der Waals surface area contributed by atoms with Gasteiger partial charge in [-0.1, -0.05) is 20.8 Å². The molecule has 0 spiro atoms. The van der Waals surface area contributed by atoms with Gasteiger partial charge in [0.2, 0.25) is 5.91 Å². The van der Waals surface area contributed by atoms with Crippen molar-refractivity contribution in [3.63, 3.8) is 0 Å². The van der Waals surface area contributed by atoms with Gasteiger partial charge < -0.3 is 10.1 Å². The van der Waals surface area contributed by atoms with Crippen molar-refractivity contribution in [1.82, 2.24) is 4.98 Å². The zero-order valence-corrected chi connectivity index (χ0v) is 12.0. The van der Waals surface area contributed by atoms with Gasteiger partial charge in [-0.15, -0.1) is 0 Å². The Labute approximate surface area is 109 Å². The molecule has 1 rings (SSSR count). The number of rotatable bonds is 2. The second kappa shape index (κ2) is 4.99. The number of aromatic nitrogens is 1. The highest BCUT2D eigenvalue weighted by molar-refractivity contribution is 14.1. The fraction of sp³-hybridized carbons (Fsp3) is 0.455. The molecule has 0 aromatic carbocycles. The lowest BCUT2D eigenvalue weighted by molar-refractivity contribution is -0.123. The van der Waals surface area contributed by atoms with Crippen molar-refractivity contribution >= 4 is 34.3 Å². The second-order valence-electron chi connectivity index (χ2n) is 4.41. The number of nitrogens with one attached hydrogen (secondary N) is 1. The van der Waals surface area contributed by atoms with Crippen LogP contribution in [-0.2, 0) is 4.79 Å². The van der Waals surface area contributed by atoms with Gasteiger partial charge in [0, 0.05) is 5.41 Å². The number of methoxy groups -OCH3 is 1. The van der Waals surface area contributed by atoms with Crippen LogP contribution in [0.3, 0.4) is 0 Å². The van der Waals surface area contributed by atoms with E-state index >= 15 is 0 Å². The lowest BCUT2D eigenvalue weighted by Crippen LogP contribution is -2.28. The summed E-state index contributed by atoms with van der Waals surface area (Å²) >= 11 is 2.11.